The molecule has 0 bridgehead atoms. The van der Waals surface area contributed by atoms with Gasteiger partial charge in [0.15, 0.2) is 0 Å². The number of likely N-dealkylation sites (tertiary alicyclic amines) is 1. The fourth-order valence-corrected chi connectivity index (χ4v) is 1.93. The van der Waals surface area contributed by atoms with E-state index in [-0.39, 0.29) is 0 Å². The summed E-state index contributed by atoms with van der Waals surface area (Å²) in [7, 11) is 1.78. The molecule has 1 heterocycles. The first-order valence-electron chi connectivity index (χ1n) is 4.89. The predicted octanol–water partition coefficient (Wildman–Crippen LogP) is 0.611. The highest BCUT2D eigenvalue weighted by atomic mass is 16.5. The van der Waals surface area contributed by atoms with Gasteiger partial charge in [-0.25, -0.2) is 0 Å². The zero-order valence-corrected chi connectivity index (χ0v) is 8.41. The van der Waals surface area contributed by atoms with Crippen molar-refractivity contribution in [2.24, 2.45) is 5.73 Å². The second-order valence-electron chi connectivity index (χ2n) is 3.56. The molecule has 1 fully saturated rings. The van der Waals surface area contributed by atoms with Crippen molar-refractivity contribution in [3.63, 3.8) is 0 Å². The summed E-state index contributed by atoms with van der Waals surface area (Å²) in [5.74, 6) is 0. The lowest BCUT2D eigenvalue weighted by molar-refractivity contribution is 0.0177. The van der Waals surface area contributed by atoms with Crippen LogP contribution in [0.1, 0.15) is 12.8 Å². The molecule has 0 aliphatic carbocycles. The summed E-state index contributed by atoms with van der Waals surface area (Å²) in [5.41, 5.74) is 5.71. The number of rotatable bonds is 4. The van der Waals surface area contributed by atoms with Gasteiger partial charge in [-0.1, -0.05) is 6.08 Å². The summed E-state index contributed by atoms with van der Waals surface area (Å²) in [6, 6.07) is 0.469. The van der Waals surface area contributed by atoms with Crippen LogP contribution in [-0.2, 0) is 4.74 Å². The van der Waals surface area contributed by atoms with Gasteiger partial charge >= 0.3 is 0 Å². The molecule has 76 valence electrons. The van der Waals surface area contributed by atoms with Crippen LogP contribution in [0.4, 0.5) is 0 Å². The minimum absolute atomic E-state index is 0.398. The Morgan fingerprint density at radius 1 is 1.69 bits per heavy atom. The van der Waals surface area contributed by atoms with Crippen LogP contribution in [0.25, 0.3) is 0 Å². The van der Waals surface area contributed by atoms with Crippen molar-refractivity contribution in [3.8, 4) is 0 Å². The van der Waals surface area contributed by atoms with Gasteiger partial charge in [0.1, 0.15) is 0 Å². The molecule has 3 nitrogen and oxygen atoms in total. The van der Waals surface area contributed by atoms with E-state index >= 15 is 0 Å². The van der Waals surface area contributed by atoms with Gasteiger partial charge in [0.25, 0.3) is 0 Å². The van der Waals surface area contributed by atoms with E-state index in [4.69, 9.17) is 10.5 Å². The minimum atomic E-state index is 0.398. The minimum Gasteiger partial charge on any atom is -0.381 e. The maximum Gasteiger partial charge on any atom is 0.0599 e. The largest absolute Gasteiger partial charge is 0.381 e. The van der Waals surface area contributed by atoms with Crippen LogP contribution in [0.3, 0.4) is 0 Å². The third kappa shape index (κ3) is 2.79. The van der Waals surface area contributed by atoms with Gasteiger partial charge in [-0.3, -0.25) is 4.90 Å². The number of hydrogen-bond acceptors (Lipinski definition) is 3. The first-order valence-corrected chi connectivity index (χ1v) is 4.89. The van der Waals surface area contributed by atoms with Crippen molar-refractivity contribution >= 4 is 0 Å². The molecule has 1 aliphatic rings. The molecule has 3 heteroatoms. The SMILES string of the molecule is C=CCN1CCC(OC)CC1CN. The summed E-state index contributed by atoms with van der Waals surface area (Å²) < 4.78 is 5.34. The Hall–Kier alpha value is -0.380. The van der Waals surface area contributed by atoms with Crippen LogP contribution in [0.15, 0.2) is 12.7 Å². The lowest BCUT2D eigenvalue weighted by atomic mass is 9.99. The van der Waals surface area contributed by atoms with Crippen LogP contribution in [0.2, 0.25) is 0 Å². The zero-order valence-electron chi connectivity index (χ0n) is 8.41. The molecule has 0 radical (unpaired) electrons. The van der Waals surface area contributed by atoms with Gasteiger partial charge in [0, 0.05) is 32.8 Å². The molecule has 0 amide bonds. The molecule has 0 aromatic heterocycles. The number of ether oxygens (including phenoxy) is 1. The maximum atomic E-state index is 5.71. The molecule has 2 N–H and O–H groups in total. The van der Waals surface area contributed by atoms with E-state index in [2.05, 4.69) is 11.5 Å². The molecule has 1 aliphatic heterocycles. The van der Waals surface area contributed by atoms with Gasteiger partial charge in [-0.15, -0.1) is 6.58 Å². The summed E-state index contributed by atoms with van der Waals surface area (Å²) in [6.07, 6.45) is 4.51. The molecular weight excluding hydrogens is 164 g/mol. The first-order chi connectivity index (χ1) is 6.31. The molecule has 2 unspecified atom stereocenters. The topological polar surface area (TPSA) is 38.5 Å². The smallest absolute Gasteiger partial charge is 0.0599 e. The number of hydrogen-bond donors (Lipinski definition) is 1. The highest BCUT2D eigenvalue weighted by Gasteiger charge is 2.26. The van der Waals surface area contributed by atoms with Gasteiger partial charge in [0.2, 0.25) is 0 Å². The van der Waals surface area contributed by atoms with Crippen molar-refractivity contribution in [1.82, 2.24) is 4.90 Å². The average molecular weight is 184 g/mol. The summed E-state index contributed by atoms with van der Waals surface area (Å²) in [4.78, 5) is 2.38. The fourth-order valence-electron chi connectivity index (χ4n) is 1.93. The number of nitrogens with zero attached hydrogens (tertiary/aromatic N) is 1. The van der Waals surface area contributed by atoms with Crippen molar-refractivity contribution < 1.29 is 4.74 Å². The Bertz CT molecular complexity index is 161. The van der Waals surface area contributed by atoms with E-state index in [1.54, 1.807) is 7.11 Å². The Morgan fingerprint density at radius 3 is 3.00 bits per heavy atom. The van der Waals surface area contributed by atoms with Gasteiger partial charge in [-0.2, -0.15) is 0 Å². The summed E-state index contributed by atoms with van der Waals surface area (Å²) in [5, 5.41) is 0. The van der Waals surface area contributed by atoms with Crippen LogP contribution >= 0.6 is 0 Å². The predicted molar refractivity (Wildman–Crippen MR) is 54.6 cm³/mol. The van der Waals surface area contributed by atoms with Crippen LogP contribution in [0.5, 0.6) is 0 Å². The van der Waals surface area contributed by atoms with Crippen LogP contribution in [-0.4, -0.2) is 43.8 Å². The highest BCUT2D eigenvalue weighted by molar-refractivity contribution is 4.86. The highest BCUT2D eigenvalue weighted by Crippen LogP contribution is 2.18. The van der Waals surface area contributed by atoms with Crippen LogP contribution in [0, 0.1) is 0 Å². The number of methoxy groups -OCH3 is 1. The first kappa shape index (κ1) is 10.7. The molecular formula is C10H20N2O. The standard InChI is InChI=1S/C10H20N2O/c1-3-5-12-6-4-10(13-2)7-9(12)8-11/h3,9-10H,1,4-8,11H2,2H3. The maximum absolute atomic E-state index is 5.71. The lowest BCUT2D eigenvalue weighted by Gasteiger charge is -2.37. The summed E-state index contributed by atoms with van der Waals surface area (Å²) in [6.45, 7) is 6.48. The molecule has 0 spiro atoms. The molecule has 0 aromatic carbocycles. The van der Waals surface area contributed by atoms with Crippen molar-refractivity contribution in [1.29, 1.82) is 0 Å². The van der Waals surface area contributed by atoms with Crippen molar-refractivity contribution in [3.05, 3.63) is 12.7 Å². The van der Waals surface area contributed by atoms with E-state index in [1.807, 2.05) is 6.08 Å². The van der Waals surface area contributed by atoms with Crippen molar-refractivity contribution in [2.75, 3.05) is 26.7 Å². The molecule has 0 saturated carbocycles. The average Bonchev–Trinajstić information content (AvgIpc) is 2.19. The van der Waals surface area contributed by atoms with Crippen molar-refractivity contribution in [2.45, 2.75) is 25.0 Å². The second kappa shape index (κ2) is 5.37. The Kier molecular flexibility index (Phi) is 4.42. The molecule has 1 rings (SSSR count). The fraction of sp³-hybridized carbons (Fsp3) is 0.800. The normalized spacial score (nSPS) is 30.3. The van der Waals surface area contributed by atoms with E-state index in [9.17, 15) is 0 Å². The number of nitrogens with two attached hydrogens (primary N) is 1. The molecule has 13 heavy (non-hydrogen) atoms. The Balaban J connectivity index is 2.44. The third-order valence-electron chi connectivity index (χ3n) is 2.76. The Labute approximate surface area is 80.5 Å². The molecule has 2 atom stereocenters. The second-order valence-corrected chi connectivity index (χ2v) is 3.56. The van der Waals surface area contributed by atoms with E-state index in [0.717, 1.165) is 25.9 Å². The van der Waals surface area contributed by atoms with E-state index in [0.29, 0.717) is 18.7 Å². The monoisotopic (exact) mass is 184 g/mol. The summed E-state index contributed by atoms with van der Waals surface area (Å²) >= 11 is 0. The molecule has 1 saturated heterocycles. The van der Waals surface area contributed by atoms with Gasteiger partial charge in [0.05, 0.1) is 6.10 Å². The van der Waals surface area contributed by atoms with Gasteiger partial charge in [-0.05, 0) is 12.8 Å². The lowest BCUT2D eigenvalue weighted by Crippen LogP contribution is -2.48. The van der Waals surface area contributed by atoms with E-state index in [1.165, 1.54) is 0 Å². The zero-order chi connectivity index (χ0) is 9.68. The Morgan fingerprint density at radius 2 is 2.46 bits per heavy atom. The number of piperidine rings is 1. The quantitative estimate of drug-likeness (QED) is 0.651. The van der Waals surface area contributed by atoms with Gasteiger partial charge < -0.3 is 10.5 Å². The third-order valence-corrected chi connectivity index (χ3v) is 2.76. The van der Waals surface area contributed by atoms with Crippen LogP contribution < -0.4 is 5.73 Å². The molecule has 0 aromatic rings. The van der Waals surface area contributed by atoms with E-state index < -0.39 is 0 Å².